The first-order valence-electron chi connectivity index (χ1n) is 6.82. The van der Waals surface area contributed by atoms with E-state index in [-0.39, 0.29) is 15.6 Å². The third-order valence-electron chi connectivity index (χ3n) is 3.57. The Morgan fingerprint density at radius 3 is 2.38 bits per heavy atom. The third-order valence-corrected chi connectivity index (χ3v) is 4.12. The van der Waals surface area contributed by atoms with E-state index in [4.69, 9.17) is 23.2 Å². The lowest BCUT2D eigenvalue weighted by Crippen LogP contribution is -2.64. The maximum absolute atomic E-state index is 13.8. The van der Waals surface area contributed by atoms with Gasteiger partial charge >= 0.3 is 18.1 Å². The molecule has 0 aromatic heterocycles. The minimum absolute atomic E-state index is 0.142. The number of carbonyl (C=O) groups excluding carboxylic acids is 3. The van der Waals surface area contributed by atoms with Gasteiger partial charge in [0.15, 0.2) is 0 Å². The molecule has 1 aromatic carbocycles. The summed E-state index contributed by atoms with van der Waals surface area (Å²) in [5.41, 5.74) is -5.29. The van der Waals surface area contributed by atoms with Gasteiger partial charge in [-0.1, -0.05) is 23.2 Å². The molecule has 1 heterocycles. The highest BCUT2D eigenvalue weighted by molar-refractivity contribution is 6.36. The van der Waals surface area contributed by atoms with Crippen molar-refractivity contribution >= 4 is 41.0 Å². The van der Waals surface area contributed by atoms with Crippen LogP contribution in [0.5, 0.6) is 0 Å². The number of methoxy groups -OCH3 is 1. The van der Waals surface area contributed by atoms with Crippen molar-refractivity contribution in [3.63, 3.8) is 0 Å². The summed E-state index contributed by atoms with van der Waals surface area (Å²) in [6.07, 6.45) is -5.40. The second-order valence-corrected chi connectivity index (χ2v) is 5.98. The van der Waals surface area contributed by atoms with Gasteiger partial charge in [0.25, 0.3) is 11.4 Å². The van der Waals surface area contributed by atoms with Crippen LogP contribution in [0.1, 0.15) is 17.3 Å². The number of rotatable bonds is 3. The van der Waals surface area contributed by atoms with Crippen LogP contribution in [-0.4, -0.2) is 36.7 Å². The Hall–Kier alpha value is -2.26. The van der Waals surface area contributed by atoms with Gasteiger partial charge in [-0.15, -0.1) is 0 Å². The lowest BCUT2D eigenvalue weighted by atomic mass is 9.89. The Morgan fingerprint density at radius 2 is 1.88 bits per heavy atom. The van der Waals surface area contributed by atoms with E-state index in [1.165, 1.54) is 11.4 Å². The number of allylic oxidation sites excluding steroid dienone is 1. The average molecular weight is 412 g/mol. The molecule has 6 nitrogen and oxygen atoms in total. The van der Waals surface area contributed by atoms with Crippen molar-refractivity contribution in [1.82, 2.24) is 5.32 Å². The highest BCUT2D eigenvalue weighted by Gasteiger charge is 2.71. The Labute approximate surface area is 154 Å². The Balaban J connectivity index is 2.60. The summed E-state index contributed by atoms with van der Waals surface area (Å²) in [4.78, 5) is 36.3. The summed E-state index contributed by atoms with van der Waals surface area (Å²) in [5.74, 6) is -5.37. The van der Waals surface area contributed by atoms with Crippen molar-refractivity contribution < 1.29 is 37.0 Å². The number of hydrogen-bond donors (Lipinski definition) is 1. The number of benzene rings is 1. The van der Waals surface area contributed by atoms with Crippen molar-refractivity contribution in [3.05, 3.63) is 45.1 Å². The van der Waals surface area contributed by atoms with Crippen LogP contribution >= 0.6 is 23.2 Å². The van der Waals surface area contributed by atoms with Crippen LogP contribution < -0.4 is 5.32 Å². The van der Waals surface area contributed by atoms with Crippen LogP contribution in [0.3, 0.4) is 0 Å². The molecule has 0 spiro atoms. The fraction of sp³-hybridized carbons (Fsp3) is 0.267. The number of esters is 2. The molecule has 0 unspecified atom stereocenters. The van der Waals surface area contributed by atoms with Crippen molar-refractivity contribution in [1.29, 1.82) is 0 Å². The molecule has 0 aliphatic carbocycles. The first-order chi connectivity index (χ1) is 12.0. The number of amides is 1. The SMILES string of the molecule is COC(=O)C1=C(C)OC(=O)[C@@]1(NC(=O)c1ccc(Cl)cc1Cl)C(F)(F)F. The van der Waals surface area contributed by atoms with E-state index >= 15 is 0 Å². The van der Waals surface area contributed by atoms with Crippen molar-refractivity contribution in [2.24, 2.45) is 0 Å². The van der Waals surface area contributed by atoms with Crippen LogP contribution in [0, 0.1) is 0 Å². The van der Waals surface area contributed by atoms with E-state index in [9.17, 15) is 27.6 Å². The average Bonchev–Trinajstić information content (AvgIpc) is 2.77. The van der Waals surface area contributed by atoms with E-state index in [2.05, 4.69) is 9.47 Å². The summed E-state index contributed by atoms with van der Waals surface area (Å²) in [6.45, 7) is 0.971. The van der Waals surface area contributed by atoms with Crippen LogP contribution in [-0.2, 0) is 19.1 Å². The van der Waals surface area contributed by atoms with Gasteiger partial charge in [-0.25, -0.2) is 9.59 Å². The molecule has 0 bridgehead atoms. The van der Waals surface area contributed by atoms with E-state index in [1.807, 2.05) is 0 Å². The zero-order valence-corrected chi connectivity index (χ0v) is 14.7. The molecule has 1 aromatic rings. The summed E-state index contributed by atoms with van der Waals surface area (Å²) >= 11 is 11.5. The lowest BCUT2D eigenvalue weighted by Gasteiger charge is -2.30. The van der Waals surface area contributed by atoms with Gasteiger partial charge in [0.05, 0.1) is 17.7 Å². The first-order valence-corrected chi connectivity index (χ1v) is 7.57. The second kappa shape index (κ2) is 6.81. The van der Waals surface area contributed by atoms with Crippen LogP contribution in [0.2, 0.25) is 10.0 Å². The van der Waals surface area contributed by atoms with Crippen LogP contribution in [0.25, 0.3) is 0 Å². The molecular formula is C15H10Cl2F3NO5. The minimum atomic E-state index is -5.40. The normalized spacial score (nSPS) is 20.0. The molecule has 1 aliphatic rings. The van der Waals surface area contributed by atoms with E-state index in [1.54, 1.807) is 0 Å². The van der Waals surface area contributed by atoms with Crippen molar-refractivity contribution in [2.45, 2.75) is 18.6 Å². The van der Waals surface area contributed by atoms with Gasteiger partial charge in [-0.05, 0) is 25.1 Å². The summed E-state index contributed by atoms with van der Waals surface area (Å²) in [5, 5.41) is 1.42. The molecule has 1 amide bonds. The number of halogens is 5. The van der Waals surface area contributed by atoms with E-state index in [0.29, 0.717) is 0 Å². The van der Waals surface area contributed by atoms with Crippen LogP contribution in [0.15, 0.2) is 29.5 Å². The predicted octanol–water partition coefficient (Wildman–Crippen LogP) is 3.03. The molecule has 11 heteroatoms. The number of ether oxygens (including phenoxy) is 2. The molecule has 0 saturated heterocycles. The fourth-order valence-electron chi connectivity index (χ4n) is 2.38. The first kappa shape index (κ1) is 20.1. The number of hydrogen-bond acceptors (Lipinski definition) is 5. The molecule has 140 valence electrons. The molecular weight excluding hydrogens is 402 g/mol. The predicted molar refractivity (Wildman–Crippen MR) is 83.5 cm³/mol. The van der Waals surface area contributed by atoms with Gasteiger partial charge in [0.2, 0.25) is 0 Å². The third kappa shape index (κ3) is 3.12. The molecule has 2 rings (SSSR count). The monoisotopic (exact) mass is 411 g/mol. The smallest absolute Gasteiger partial charge is 0.427 e. The molecule has 1 atom stereocenters. The van der Waals surface area contributed by atoms with Crippen LogP contribution in [0.4, 0.5) is 13.2 Å². The maximum atomic E-state index is 13.8. The number of alkyl halides is 3. The van der Waals surface area contributed by atoms with E-state index in [0.717, 1.165) is 26.2 Å². The summed E-state index contributed by atoms with van der Waals surface area (Å²) < 4.78 is 50.2. The molecule has 0 radical (unpaired) electrons. The topological polar surface area (TPSA) is 81.7 Å². The molecule has 1 N–H and O–H groups in total. The Morgan fingerprint density at radius 1 is 1.27 bits per heavy atom. The minimum Gasteiger partial charge on any atom is -0.465 e. The Bertz CT molecular complexity index is 837. The lowest BCUT2D eigenvalue weighted by molar-refractivity contribution is -0.196. The molecule has 26 heavy (non-hydrogen) atoms. The van der Waals surface area contributed by atoms with Gasteiger partial charge in [-0.2, -0.15) is 13.2 Å². The molecule has 0 saturated carbocycles. The van der Waals surface area contributed by atoms with E-state index < -0.39 is 40.9 Å². The zero-order valence-electron chi connectivity index (χ0n) is 13.2. The maximum Gasteiger partial charge on any atom is 0.427 e. The number of carbonyl (C=O) groups is 3. The van der Waals surface area contributed by atoms with Crippen molar-refractivity contribution in [3.8, 4) is 0 Å². The van der Waals surface area contributed by atoms with Gasteiger partial charge < -0.3 is 14.8 Å². The quantitative estimate of drug-likeness (QED) is 0.773. The van der Waals surface area contributed by atoms with Gasteiger partial charge in [0, 0.05) is 5.02 Å². The zero-order chi connectivity index (χ0) is 19.9. The largest absolute Gasteiger partial charge is 0.465 e. The van der Waals surface area contributed by atoms with Gasteiger partial charge in [-0.3, -0.25) is 4.79 Å². The van der Waals surface area contributed by atoms with Crippen molar-refractivity contribution in [2.75, 3.05) is 7.11 Å². The number of cyclic esters (lactones) is 1. The fourth-order valence-corrected chi connectivity index (χ4v) is 2.88. The Kier molecular flexibility index (Phi) is 5.25. The standard InChI is InChI=1S/C15H10Cl2F3NO5/c1-6-10(12(23)25-2)14(13(24)26-6,15(18,19)20)21-11(22)8-4-3-7(16)5-9(8)17/h3-5H,1-2H3,(H,21,22)/t14-/m1/s1. The summed E-state index contributed by atoms with van der Waals surface area (Å²) in [6, 6.07) is 3.42. The molecule has 1 aliphatic heterocycles. The summed E-state index contributed by atoms with van der Waals surface area (Å²) in [7, 11) is 0.824. The highest BCUT2D eigenvalue weighted by Crippen LogP contribution is 2.44. The second-order valence-electron chi connectivity index (χ2n) is 5.14. The highest BCUT2D eigenvalue weighted by atomic mass is 35.5. The number of nitrogens with one attached hydrogen (secondary N) is 1. The molecule has 0 fully saturated rings. The van der Waals surface area contributed by atoms with Gasteiger partial charge in [0.1, 0.15) is 11.3 Å².